The van der Waals surface area contributed by atoms with Gasteiger partial charge in [-0.2, -0.15) is 0 Å². The van der Waals surface area contributed by atoms with Crippen LogP contribution in [0.5, 0.6) is 0 Å². The largest absolute Gasteiger partial charge is 0.393 e. The standard InChI is InChI=1S/C20H32O/c1-13-8-10-19(2)11-9-17-16-6-5-15(21)12-14(16)4-7-18(17)20(13,19)3/h13,15,17-18,21H,4-12H2,1-3H3/t13-,15?,17?,18?,19?,20?/m1/s1. The molecule has 0 spiro atoms. The van der Waals surface area contributed by atoms with Crippen molar-refractivity contribution in [2.75, 3.05) is 0 Å². The molecule has 1 nitrogen and oxygen atoms in total. The van der Waals surface area contributed by atoms with E-state index in [1.54, 1.807) is 11.1 Å². The van der Waals surface area contributed by atoms with E-state index in [1.165, 1.54) is 44.9 Å². The van der Waals surface area contributed by atoms with Crippen LogP contribution in [0.25, 0.3) is 0 Å². The van der Waals surface area contributed by atoms with Crippen molar-refractivity contribution < 1.29 is 5.11 Å². The molecule has 0 aromatic carbocycles. The van der Waals surface area contributed by atoms with Gasteiger partial charge in [0.2, 0.25) is 0 Å². The van der Waals surface area contributed by atoms with Crippen LogP contribution in [0, 0.1) is 28.6 Å². The fourth-order valence-corrected chi connectivity index (χ4v) is 6.97. The number of hydrogen-bond donors (Lipinski definition) is 1. The summed E-state index contributed by atoms with van der Waals surface area (Å²) in [6.07, 6.45) is 11.6. The minimum atomic E-state index is -0.0462. The van der Waals surface area contributed by atoms with Gasteiger partial charge in [0.1, 0.15) is 0 Å². The second-order valence-electron chi connectivity index (χ2n) is 9.10. The summed E-state index contributed by atoms with van der Waals surface area (Å²) < 4.78 is 0. The lowest BCUT2D eigenvalue weighted by molar-refractivity contribution is -0.0704. The normalized spacial score (nSPS) is 53.1. The molecule has 0 aromatic rings. The van der Waals surface area contributed by atoms with Gasteiger partial charge in [-0.3, -0.25) is 0 Å². The maximum absolute atomic E-state index is 9.99. The van der Waals surface area contributed by atoms with Crippen molar-refractivity contribution in [3.8, 4) is 0 Å². The van der Waals surface area contributed by atoms with Crippen molar-refractivity contribution >= 4 is 0 Å². The molecular weight excluding hydrogens is 256 g/mol. The first-order valence-corrected chi connectivity index (χ1v) is 9.34. The molecule has 118 valence electrons. The SMILES string of the molecule is C[C@@H]1CCC2(C)CCC3C4=C(CCC3C12C)CC(O)CC4. The zero-order chi connectivity index (χ0) is 14.8. The van der Waals surface area contributed by atoms with Crippen LogP contribution in [0.2, 0.25) is 0 Å². The van der Waals surface area contributed by atoms with E-state index in [9.17, 15) is 5.11 Å². The monoisotopic (exact) mass is 288 g/mol. The Kier molecular flexibility index (Phi) is 3.13. The van der Waals surface area contributed by atoms with Gasteiger partial charge >= 0.3 is 0 Å². The van der Waals surface area contributed by atoms with E-state index in [-0.39, 0.29) is 6.10 Å². The summed E-state index contributed by atoms with van der Waals surface area (Å²) in [5.74, 6) is 2.68. The first-order valence-electron chi connectivity index (χ1n) is 9.34. The molecular formula is C20H32O. The molecule has 21 heavy (non-hydrogen) atoms. The van der Waals surface area contributed by atoms with Crippen molar-refractivity contribution in [1.29, 1.82) is 0 Å². The van der Waals surface area contributed by atoms with Crippen molar-refractivity contribution in [1.82, 2.24) is 0 Å². The second-order valence-corrected chi connectivity index (χ2v) is 9.10. The third-order valence-corrected chi connectivity index (χ3v) is 8.60. The highest BCUT2D eigenvalue weighted by atomic mass is 16.3. The molecule has 2 saturated carbocycles. The highest BCUT2D eigenvalue weighted by molar-refractivity contribution is 5.28. The lowest BCUT2D eigenvalue weighted by Gasteiger charge is -2.59. The lowest BCUT2D eigenvalue weighted by atomic mass is 9.46. The zero-order valence-corrected chi connectivity index (χ0v) is 14.1. The van der Waals surface area contributed by atoms with E-state index >= 15 is 0 Å². The highest BCUT2D eigenvalue weighted by Crippen LogP contribution is 2.69. The van der Waals surface area contributed by atoms with Crippen molar-refractivity contribution in [3.05, 3.63) is 11.1 Å². The summed E-state index contributed by atoms with van der Waals surface area (Å²) in [5, 5.41) is 9.99. The molecule has 0 amide bonds. The van der Waals surface area contributed by atoms with E-state index in [0.717, 1.165) is 30.6 Å². The molecule has 0 radical (unpaired) electrons. The third-order valence-electron chi connectivity index (χ3n) is 8.60. The van der Waals surface area contributed by atoms with Gasteiger partial charge in [0.25, 0.3) is 0 Å². The van der Waals surface area contributed by atoms with Gasteiger partial charge in [0.05, 0.1) is 6.10 Å². The number of aliphatic hydroxyl groups excluding tert-OH is 1. The molecule has 0 aliphatic heterocycles. The highest BCUT2D eigenvalue weighted by Gasteiger charge is 2.61. The molecule has 0 saturated heterocycles. The predicted octanol–water partition coefficient (Wildman–Crippen LogP) is 5.09. The topological polar surface area (TPSA) is 20.2 Å². The molecule has 6 atom stereocenters. The van der Waals surface area contributed by atoms with E-state index in [2.05, 4.69) is 20.8 Å². The van der Waals surface area contributed by atoms with Crippen LogP contribution in [-0.2, 0) is 0 Å². The summed E-state index contributed by atoms with van der Waals surface area (Å²) in [4.78, 5) is 0. The van der Waals surface area contributed by atoms with Crippen molar-refractivity contribution in [3.63, 3.8) is 0 Å². The Bertz CT molecular complexity index is 478. The molecule has 1 heteroatoms. The van der Waals surface area contributed by atoms with Gasteiger partial charge in [-0.1, -0.05) is 31.9 Å². The Hall–Kier alpha value is -0.300. The van der Waals surface area contributed by atoms with Crippen LogP contribution in [0.4, 0.5) is 0 Å². The molecule has 4 rings (SSSR count). The summed E-state index contributed by atoms with van der Waals surface area (Å²) in [5.41, 5.74) is 4.62. The molecule has 1 N–H and O–H groups in total. The Morgan fingerprint density at radius 2 is 1.76 bits per heavy atom. The first kappa shape index (κ1) is 14.3. The third kappa shape index (κ3) is 1.79. The quantitative estimate of drug-likeness (QED) is 0.616. The average molecular weight is 288 g/mol. The smallest absolute Gasteiger partial charge is 0.0580 e. The first-order chi connectivity index (χ1) is 9.96. The molecule has 0 aromatic heterocycles. The van der Waals surface area contributed by atoms with E-state index in [1.807, 2.05) is 0 Å². The summed E-state index contributed by atoms with van der Waals surface area (Å²) in [6.45, 7) is 7.77. The Morgan fingerprint density at radius 1 is 1.00 bits per heavy atom. The van der Waals surface area contributed by atoms with Gasteiger partial charge < -0.3 is 5.11 Å². The molecule has 0 heterocycles. The van der Waals surface area contributed by atoms with Crippen molar-refractivity contribution in [2.24, 2.45) is 28.6 Å². The molecule has 2 fully saturated rings. The minimum absolute atomic E-state index is 0.0462. The Balaban J connectivity index is 1.71. The lowest BCUT2D eigenvalue weighted by Crippen LogP contribution is -2.51. The van der Waals surface area contributed by atoms with E-state index in [0.29, 0.717) is 10.8 Å². The maximum atomic E-state index is 9.99. The maximum Gasteiger partial charge on any atom is 0.0580 e. The van der Waals surface area contributed by atoms with Gasteiger partial charge in [-0.05, 0) is 86.4 Å². The average Bonchev–Trinajstić information content (AvgIpc) is 2.71. The van der Waals surface area contributed by atoms with Gasteiger partial charge in [0, 0.05) is 0 Å². The van der Waals surface area contributed by atoms with Crippen LogP contribution in [-0.4, -0.2) is 11.2 Å². The Labute approximate surface area is 130 Å². The van der Waals surface area contributed by atoms with Crippen LogP contribution >= 0.6 is 0 Å². The minimum Gasteiger partial charge on any atom is -0.393 e. The summed E-state index contributed by atoms with van der Waals surface area (Å²) >= 11 is 0. The van der Waals surface area contributed by atoms with Crippen LogP contribution in [0.15, 0.2) is 11.1 Å². The van der Waals surface area contributed by atoms with Gasteiger partial charge in [-0.15, -0.1) is 0 Å². The van der Waals surface area contributed by atoms with E-state index in [4.69, 9.17) is 0 Å². The number of rotatable bonds is 0. The molecule has 0 bridgehead atoms. The van der Waals surface area contributed by atoms with Crippen LogP contribution in [0.3, 0.4) is 0 Å². The number of hydrogen-bond acceptors (Lipinski definition) is 1. The number of allylic oxidation sites excluding steroid dienone is 1. The van der Waals surface area contributed by atoms with Crippen LogP contribution in [0.1, 0.15) is 78.6 Å². The Morgan fingerprint density at radius 3 is 2.57 bits per heavy atom. The number of fused-ring (bicyclic) bond motifs is 4. The van der Waals surface area contributed by atoms with Crippen molar-refractivity contribution in [2.45, 2.75) is 84.7 Å². The fraction of sp³-hybridized carbons (Fsp3) is 0.900. The molecule has 4 aliphatic rings. The second kappa shape index (κ2) is 4.60. The summed E-state index contributed by atoms with van der Waals surface area (Å²) in [7, 11) is 0. The number of aliphatic hydroxyl groups is 1. The summed E-state index contributed by atoms with van der Waals surface area (Å²) in [6, 6.07) is 0. The molecule has 4 aliphatic carbocycles. The fourth-order valence-electron chi connectivity index (χ4n) is 6.97. The van der Waals surface area contributed by atoms with Gasteiger partial charge in [-0.25, -0.2) is 0 Å². The van der Waals surface area contributed by atoms with Crippen LogP contribution < -0.4 is 0 Å². The molecule has 5 unspecified atom stereocenters. The zero-order valence-electron chi connectivity index (χ0n) is 14.1. The van der Waals surface area contributed by atoms with Gasteiger partial charge in [0.15, 0.2) is 0 Å². The predicted molar refractivity (Wildman–Crippen MR) is 86.9 cm³/mol. The van der Waals surface area contributed by atoms with E-state index < -0.39 is 0 Å².